The highest BCUT2D eigenvalue weighted by Crippen LogP contribution is 2.32. The number of benzene rings is 1. The summed E-state index contributed by atoms with van der Waals surface area (Å²) < 4.78 is 0.844. The zero-order valence-electron chi connectivity index (χ0n) is 14.7. The molecule has 1 aliphatic carbocycles. The van der Waals surface area contributed by atoms with Gasteiger partial charge < -0.3 is 10.4 Å². The molecule has 26 heavy (non-hydrogen) atoms. The van der Waals surface area contributed by atoms with Crippen LogP contribution in [-0.2, 0) is 6.54 Å². The molecule has 1 fully saturated rings. The fourth-order valence-corrected chi connectivity index (χ4v) is 3.57. The van der Waals surface area contributed by atoms with Crippen LogP contribution in [0.15, 0.2) is 39.9 Å². The summed E-state index contributed by atoms with van der Waals surface area (Å²) in [6, 6.07) is 10.2. The van der Waals surface area contributed by atoms with Gasteiger partial charge in [-0.25, -0.2) is 4.79 Å². The van der Waals surface area contributed by atoms with E-state index in [9.17, 15) is 19.5 Å². The number of hydrogen-bond donors (Lipinski definition) is 3. The summed E-state index contributed by atoms with van der Waals surface area (Å²) in [5.74, 6) is -0.865. The van der Waals surface area contributed by atoms with E-state index in [1.54, 1.807) is 6.92 Å². The van der Waals surface area contributed by atoms with E-state index in [2.05, 4.69) is 22.4 Å². The first-order valence-corrected chi connectivity index (χ1v) is 8.93. The van der Waals surface area contributed by atoms with Crippen molar-refractivity contribution in [1.29, 1.82) is 0 Å². The van der Waals surface area contributed by atoms with Crippen molar-refractivity contribution in [2.24, 2.45) is 0 Å². The normalized spacial score (nSPS) is 19.9. The van der Waals surface area contributed by atoms with Gasteiger partial charge in [0.2, 0.25) is 5.75 Å². The number of aromatic amines is 1. The highest BCUT2D eigenvalue weighted by molar-refractivity contribution is 5.94. The fraction of sp³-hybridized carbons (Fsp3) is 0.421. The van der Waals surface area contributed by atoms with E-state index in [-0.39, 0.29) is 18.3 Å². The summed E-state index contributed by atoms with van der Waals surface area (Å²) in [4.78, 5) is 38.5. The summed E-state index contributed by atoms with van der Waals surface area (Å²) in [5.41, 5.74) is -0.611. The predicted octanol–water partition coefficient (Wildman–Crippen LogP) is 1.72. The molecular weight excluding hydrogens is 334 g/mol. The average Bonchev–Trinajstić information content (AvgIpc) is 2.66. The van der Waals surface area contributed by atoms with Gasteiger partial charge in [0.25, 0.3) is 11.5 Å². The standard InChI is InChI=1S/C19H23N3O4/c1-2-22-18(25)16(23)15(21-19(22)26)17(24)20-14-10-8-13(9-11-14)12-6-4-3-5-7-12/h3-7,13-14,23H,2,8-11H2,1H3,(H,20,24)(H,21,26)/t13-,14+. The van der Waals surface area contributed by atoms with Crippen molar-refractivity contribution in [3.63, 3.8) is 0 Å². The van der Waals surface area contributed by atoms with Crippen LogP contribution in [0.4, 0.5) is 0 Å². The van der Waals surface area contributed by atoms with Crippen LogP contribution in [0.25, 0.3) is 0 Å². The number of nitrogens with one attached hydrogen (secondary N) is 2. The molecule has 0 radical (unpaired) electrons. The van der Waals surface area contributed by atoms with E-state index < -0.39 is 22.9 Å². The molecule has 1 aromatic heterocycles. The molecule has 0 saturated heterocycles. The van der Waals surface area contributed by atoms with Gasteiger partial charge in [0.15, 0.2) is 5.69 Å². The molecule has 3 N–H and O–H groups in total. The molecule has 0 spiro atoms. The lowest BCUT2D eigenvalue weighted by molar-refractivity contribution is 0.0916. The number of aromatic hydroxyl groups is 1. The Morgan fingerprint density at radius 2 is 1.85 bits per heavy atom. The molecule has 3 rings (SSSR count). The topological polar surface area (TPSA) is 104 Å². The lowest BCUT2D eigenvalue weighted by Crippen LogP contribution is -2.41. The van der Waals surface area contributed by atoms with Crippen LogP contribution in [0.2, 0.25) is 0 Å². The highest BCUT2D eigenvalue weighted by Gasteiger charge is 2.26. The van der Waals surface area contributed by atoms with Crippen molar-refractivity contribution in [3.05, 3.63) is 62.4 Å². The van der Waals surface area contributed by atoms with Crippen molar-refractivity contribution in [2.45, 2.75) is 51.1 Å². The van der Waals surface area contributed by atoms with E-state index >= 15 is 0 Å². The number of H-pyrrole nitrogens is 1. The predicted molar refractivity (Wildman–Crippen MR) is 97.6 cm³/mol. The second-order valence-corrected chi connectivity index (χ2v) is 6.64. The molecule has 138 valence electrons. The van der Waals surface area contributed by atoms with Gasteiger partial charge in [0.05, 0.1) is 0 Å². The van der Waals surface area contributed by atoms with Crippen molar-refractivity contribution < 1.29 is 9.90 Å². The maximum Gasteiger partial charge on any atom is 0.329 e. The molecule has 7 heteroatoms. The molecular formula is C19H23N3O4. The second kappa shape index (κ2) is 7.59. The van der Waals surface area contributed by atoms with Crippen molar-refractivity contribution in [1.82, 2.24) is 14.9 Å². The van der Waals surface area contributed by atoms with E-state index in [0.717, 1.165) is 30.3 Å². The van der Waals surface area contributed by atoms with E-state index in [1.165, 1.54) is 5.56 Å². The molecule has 1 aliphatic rings. The number of rotatable bonds is 4. The minimum Gasteiger partial charge on any atom is -0.501 e. The quantitative estimate of drug-likeness (QED) is 0.775. The molecule has 2 aromatic rings. The summed E-state index contributed by atoms with van der Waals surface area (Å²) in [6.45, 7) is 1.73. The Labute approximate surface area is 150 Å². The van der Waals surface area contributed by atoms with Crippen LogP contribution in [0.5, 0.6) is 5.75 Å². The number of amides is 1. The SMILES string of the molecule is CCn1c(=O)[nH]c(C(=O)N[C@H]2CC[C@@H](c3ccccc3)CC2)c(O)c1=O. The van der Waals surface area contributed by atoms with Crippen LogP contribution in [-0.4, -0.2) is 26.6 Å². The molecule has 0 bridgehead atoms. The van der Waals surface area contributed by atoms with Crippen LogP contribution < -0.4 is 16.6 Å². The van der Waals surface area contributed by atoms with Gasteiger partial charge in [-0.2, -0.15) is 0 Å². The van der Waals surface area contributed by atoms with Gasteiger partial charge in [-0.15, -0.1) is 0 Å². The van der Waals surface area contributed by atoms with E-state index in [1.807, 2.05) is 18.2 Å². The zero-order valence-corrected chi connectivity index (χ0v) is 14.7. The van der Waals surface area contributed by atoms with Crippen LogP contribution in [0.3, 0.4) is 0 Å². The number of carbonyl (C=O) groups excluding carboxylic acids is 1. The minimum absolute atomic E-state index is 0.0426. The largest absolute Gasteiger partial charge is 0.501 e. The van der Waals surface area contributed by atoms with E-state index in [0.29, 0.717) is 5.92 Å². The fourth-order valence-electron chi connectivity index (χ4n) is 3.57. The van der Waals surface area contributed by atoms with Gasteiger partial charge in [-0.05, 0) is 44.1 Å². The number of aromatic nitrogens is 2. The Morgan fingerprint density at radius 3 is 2.46 bits per heavy atom. The Kier molecular flexibility index (Phi) is 5.25. The second-order valence-electron chi connectivity index (χ2n) is 6.64. The van der Waals surface area contributed by atoms with Gasteiger partial charge in [-0.1, -0.05) is 30.3 Å². The summed E-state index contributed by atoms with van der Waals surface area (Å²) >= 11 is 0. The molecule has 1 heterocycles. The first-order valence-electron chi connectivity index (χ1n) is 8.93. The number of hydrogen-bond acceptors (Lipinski definition) is 4. The van der Waals surface area contributed by atoms with E-state index in [4.69, 9.17) is 0 Å². The molecule has 1 aromatic carbocycles. The van der Waals surface area contributed by atoms with Crippen LogP contribution in [0, 0.1) is 0 Å². The highest BCUT2D eigenvalue weighted by atomic mass is 16.3. The maximum absolute atomic E-state index is 12.4. The first-order chi connectivity index (χ1) is 12.5. The summed E-state index contributed by atoms with van der Waals surface area (Å²) in [6.07, 6.45) is 3.52. The number of nitrogens with zero attached hydrogens (tertiary/aromatic N) is 1. The minimum atomic E-state index is -0.853. The van der Waals surface area contributed by atoms with Gasteiger partial charge in [-0.3, -0.25) is 19.1 Å². The lowest BCUT2D eigenvalue weighted by atomic mass is 9.82. The zero-order chi connectivity index (χ0) is 18.7. The van der Waals surface area contributed by atoms with Crippen molar-refractivity contribution >= 4 is 5.91 Å². The monoisotopic (exact) mass is 357 g/mol. The molecule has 0 atom stereocenters. The Morgan fingerprint density at radius 1 is 1.19 bits per heavy atom. The van der Waals surface area contributed by atoms with Crippen LogP contribution in [0.1, 0.15) is 54.6 Å². The molecule has 1 saturated carbocycles. The van der Waals surface area contributed by atoms with Crippen molar-refractivity contribution in [3.8, 4) is 5.75 Å². The third-order valence-corrected chi connectivity index (χ3v) is 5.04. The van der Waals surface area contributed by atoms with Gasteiger partial charge in [0, 0.05) is 12.6 Å². The average molecular weight is 357 g/mol. The lowest BCUT2D eigenvalue weighted by Gasteiger charge is -2.29. The summed E-state index contributed by atoms with van der Waals surface area (Å²) in [7, 11) is 0. The van der Waals surface area contributed by atoms with Gasteiger partial charge >= 0.3 is 5.69 Å². The Hall–Kier alpha value is -2.83. The van der Waals surface area contributed by atoms with Crippen molar-refractivity contribution in [2.75, 3.05) is 0 Å². The van der Waals surface area contributed by atoms with Gasteiger partial charge in [0.1, 0.15) is 0 Å². The molecule has 0 aliphatic heterocycles. The first kappa shape index (κ1) is 18.0. The molecule has 0 unspecified atom stereocenters. The summed E-state index contributed by atoms with van der Waals surface area (Å²) in [5, 5.41) is 12.8. The maximum atomic E-state index is 12.4. The molecule has 7 nitrogen and oxygen atoms in total. The Bertz CT molecular complexity index is 893. The Balaban J connectivity index is 1.67. The molecule has 1 amide bonds. The third kappa shape index (κ3) is 3.56. The third-order valence-electron chi connectivity index (χ3n) is 5.04. The number of carbonyl (C=O) groups is 1. The smallest absolute Gasteiger partial charge is 0.329 e. The van der Waals surface area contributed by atoms with Crippen LogP contribution >= 0.6 is 0 Å².